The molecule has 0 aliphatic rings. The topological polar surface area (TPSA) is 60.4 Å². The minimum Gasteiger partial charge on any atom is -0.457 e. The fourth-order valence-corrected chi connectivity index (χ4v) is 3.29. The maximum absolute atomic E-state index is 12.0. The summed E-state index contributed by atoms with van der Waals surface area (Å²) in [7, 11) is -3.51. The van der Waals surface area contributed by atoms with Gasteiger partial charge in [-0.25, -0.2) is 13.2 Å². The minimum absolute atomic E-state index is 0.0759. The molecule has 0 amide bonds. The van der Waals surface area contributed by atoms with E-state index in [1.165, 1.54) is 18.2 Å². The Morgan fingerprint density at radius 1 is 1.18 bits per heavy atom. The van der Waals surface area contributed by atoms with Crippen LogP contribution in [0.3, 0.4) is 0 Å². The smallest absolute Gasteiger partial charge is 0.338 e. The van der Waals surface area contributed by atoms with Gasteiger partial charge in [-0.2, -0.15) is 0 Å². The highest BCUT2D eigenvalue weighted by molar-refractivity contribution is 9.10. The van der Waals surface area contributed by atoms with Gasteiger partial charge in [-0.05, 0) is 35.9 Å². The van der Waals surface area contributed by atoms with Crippen LogP contribution in [0.25, 0.3) is 0 Å². The zero-order chi connectivity index (χ0) is 16.3. The lowest BCUT2D eigenvalue weighted by molar-refractivity contribution is 0.0472. The van der Waals surface area contributed by atoms with Crippen molar-refractivity contribution in [2.75, 3.05) is 6.26 Å². The quantitative estimate of drug-likeness (QED) is 0.727. The van der Waals surface area contributed by atoms with Gasteiger partial charge in [0.2, 0.25) is 0 Å². The van der Waals surface area contributed by atoms with Crippen LogP contribution in [-0.2, 0) is 21.2 Å². The summed E-state index contributed by atoms with van der Waals surface area (Å²) in [6, 6.07) is 11.3. The molecule has 2 rings (SSSR count). The van der Waals surface area contributed by atoms with Crippen molar-refractivity contribution >= 4 is 43.3 Å². The molecule has 116 valence electrons. The Morgan fingerprint density at radius 2 is 1.82 bits per heavy atom. The van der Waals surface area contributed by atoms with E-state index in [1.807, 2.05) is 24.3 Å². The summed E-state index contributed by atoms with van der Waals surface area (Å²) in [6.45, 7) is 0.100. The summed E-state index contributed by atoms with van der Waals surface area (Å²) in [5.74, 6) is -0.607. The highest BCUT2D eigenvalue weighted by Gasteiger charge is 2.16. The van der Waals surface area contributed by atoms with Crippen LogP contribution in [0.2, 0.25) is 5.02 Å². The lowest BCUT2D eigenvalue weighted by Crippen LogP contribution is -2.07. The van der Waals surface area contributed by atoms with Crippen molar-refractivity contribution < 1.29 is 17.9 Å². The van der Waals surface area contributed by atoms with Crippen LogP contribution in [0.5, 0.6) is 0 Å². The van der Waals surface area contributed by atoms with Crippen LogP contribution >= 0.6 is 27.5 Å². The van der Waals surface area contributed by atoms with E-state index in [1.54, 1.807) is 0 Å². The van der Waals surface area contributed by atoms with E-state index < -0.39 is 15.8 Å². The Balaban J connectivity index is 2.15. The maximum Gasteiger partial charge on any atom is 0.338 e. The molecule has 0 aliphatic carbocycles. The molecule has 0 bridgehead atoms. The Hall–Kier alpha value is -1.37. The molecule has 0 spiro atoms. The first kappa shape index (κ1) is 17.0. The number of carbonyl (C=O) groups excluding carboxylic acids is 1. The molecule has 0 saturated carbocycles. The third kappa shape index (κ3) is 4.32. The second-order valence-corrected chi connectivity index (χ2v) is 7.93. The molecule has 2 aromatic carbocycles. The molecule has 0 heterocycles. The monoisotopic (exact) mass is 402 g/mol. The first-order valence-corrected chi connectivity index (χ1v) is 9.25. The van der Waals surface area contributed by atoms with Crippen molar-refractivity contribution in [1.82, 2.24) is 0 Å². The third-order valence-corrected chi connectivity index (χ3v) is 4.96. The van der Waals surface area contributed by atoms with E-state index in [2.05, 4.69) is 15.9 Å². The van der Waals surface area contributed by atoms with Crippen LogP contribution in [0.1, 0.15) is 15.9 Å². The molecular formula is C15H12BrClO4S. The number of hydrogen-bond acceptors (Lipinski definition) is 4. The van der Waals surface area contributed by atoms with Crippen molar-refractivity contribution in [3.05, 3.63) is 63.1 Å². The van der Waals surface area contributed by atoms with Gasteiger partial charge in [-0.1, -0.05) is 39.7 Å². The lowest BCUT2D eigenvalue weighted by Gasteiger charge is -2.07. The summed E-state index contributed by atoms with van der Waals surface area (Å²) >= 11 is 9.16. The highest BCUT2D eigenvalue weighted by atomic mass is 79.9. The van der Waals surface area contributed by atoms with Gasteiger partial charge in [0.05, 0.1) is 15.5 Å². The summed E-state index contributed by atoms with van der Waals surface area (Å²) < 4.78 is 29.3. The van der Waals surface area contributed by atoms with Crippen molar-refractivity contribution in [3.63, 3.8) is 0 Å². The number of carbonyl (C=O) groups is 1. The second kappa shape index (κ2) is 6.81. The average molecular weight is 404 g/mol. The molecule has 2 aromatic rings. The van der Waals surface area contributed by atoms with Gasteiger partial charge in [0.1, 0.15) is 6.61 Å². The molecule has 0 atom stereocenters. The van der Waals surface area contributed by atoms with Gasteiger partial charge in [0, 0.05) is 10.7 Å². The zero-order valence-electron chi connectivity index (χ0n) is 11.5. The van der Waals surface area contributed by atoms with Gasteiger partial charge in [-0.15, -0.1) is 0 Å². The molecule has 7 heteroatoms. The fraction of sp³-hybridized carbons (Fsp3) is 0.133. The van der Waals surface area contributed by atoms with Crippen LogP contribution in [0.4, 0.5) is 0 Å². The van der Waals surface area contributed by atoms with E-state index >= 15 is 0 Å². The third-order valence-electron chi connectivity index (χ3n) is 2.85. The van der Waals surface area contributed by atoms with E-state index in [0.29, 0.717) is 0 Å². The Labute approximate surface area is 142 Å². The van der Waals surface area contributed by atoms with Crippen LogP contribution in [-0.4, -0.2) is 20.6 Å². The van der Waals surface area contributed by atoms with Gasteiger partial charge in [0.15, 0.2) is 9.84 Å². The Kier molecular flexibility index (Phi) is 5.26. The highest BCUT2D eigenvalue weighted by Crippen LogP contribution is 2.23. The molecule has 0 unspecified atom stereocenters. The van der Waals surface area contributed by atoms with Crippen LogP contribution in [0, 0.1) is 0 Å². The largest absolute Gasteiger partial charge is 0.457 e. The van der Waals surface area contributed by atoms with Gasteiger partial charge < -0.3 is 4.74 Å². The van der Waals surface area contributed by atoms with Gasteiger partial charge in [-0.3, -0.25) is 0 Å². The summed E-state index contributed by atoms with van der Waals surface area (Å²) in [5.41, 5.74) is 0.968. The van der Waals surface area contributed by atoms with Crippen molar-refractivity contribution in [2.45, 2.75) is 11.5 Å². The number of benzene rings is 2. The van der Waals surface area contributed by atoms with Crippen molar-refractivity contribution in [1.29, 1.82) is 0 Å². The van der Waals surface area contributed by atoms with E-state index in [-0.39, 0.29) is 22.1 Å². The van der Waals surface area contributed by atoms with Crippen LogP contribution < -0.4 is 0 Å². The lowest BCUT2D eigenvalue weighted by atomic mass is 10.2. The SMILES string of the molecule is CS(=O)(=O)c1cc(C(=O)OCc2ccc(Br)cc2)ccc1Cl. The first-order valence-electron chi connectivity index (χ1n) is 6.18. The summed E-state index contributed by atoms with van der Waals surface area (Å²) in [4.78, 5) is 11.9. The number of sulfone groups is 1. The first-order chi connectivity index (χ1) is 10.3. The van der Waals surface area contributed by atoms with Crippen molar-refractivity contribution in [3.8, 4) is 0 Å². The predicted octanol–water partition coefficient (Wildman–Crippen LogP) is 3.86. The number of hydrogen-bond donors (Lipinski definition) is 0. The Bertz CT molecular complexity index is 801. The zero-order valence-corrected chi connectivity index (χ0v) is 14.7. The Morgan fingerprint density at radius 3 is 2.41 bits per heavy atom. The van der Waals surface area contributed by atoms with E-state index in [9.17, 15) is 13.2 Å². The van der Waals surface area contributed by atoms with Crippen LogP contribution in [0.15, 0.2) is 51.8 Å². The van der Waals surface area contributed by atoms with E-state index in [4.69, 9.17) is 16.3 Å². The average Bonchev–Trinajstić information content (AvgIpc) is 2.45. The van der Waals surface area contributed by atoms with Gasteiger partial charge >= 0.3 is 5.97 Å². The summed E-state index contributed by atoms with van der Waals surface area (Å²) in [6.07, 6.45) is 1.03. The predicted molar refractivity (Wildman–Crippen MR) is 87.8 cm³/mol. The minimum atomic E-state index is -3.51. The molecule has 22 heavy (non-hydrogen) atoms. The fourth-order valence-electron chi connectivity index (χ4n) is 1.73. The number of halogens is 2. The number of rotatable bonds is 4. The molecule has 0 aliphatic heterocycles. The standard InChI is InChI=1S/C15H12BrClO4S/c1-22(19,20)14-8-11(4-7-13(14)17)15(18)21-9-10-2-5-12(16)6-3-10/h2-8H,9H2,1H3. The molecule has 0 fully saturated rings. The normalized spacial score (nSPS) is 11.2. The molecule has 0 N–H and O–H groups in total. The molecule has 0 aromatic heterocycles. The second-order valence-electron chi connectivity index (χ2n) is 4.62. The summed E-state index contributed by atoms with van der Waals surface area (Å²) in [5, 5.41) is 0.0759. The van der Waals surface area contributed by atoms with E-state index in [0.717, 1.165) is 16.3 Å². The molecule has 0 radical (unpaired) electrons. The molecular weight excluding hydrogens is 392 g/mol. The van der Waals surface area contributed by atoms with Gasteiger partial charge in [0.25, 0.3) is 0 Å². The number of esters is 1. The maximum atomic E-state index is 12.0. The van der Waals surface area contributed by atoms with Crippen molar-refractivity contribution in [2.24, 2.45) is 0 Å². The number of ether oxygens (including phenoxy) is 1. The molecule has 4 nitrogen and oxygen atoms in total. The molecule has 0 saturated heterocycles.